The molecule has 0 aromatic carbocycles. The second kappa shape index (κ2) is 2.15. The highest BCUT2D eigenvalue weighted by molar-refractivity contribution is 5.96. The van der Waals surface area contributed by atoms with E-state index in [-0.39, 0.29) is 0 Å². The van der Waals surface area contributed by atoms with E-state index in [1.807, 2.05) is 0 Å². The average molecular weight is 142 g/mol. The lowest BCUT2D eigenvalue weighted by atomic mass is 10.1. The monoisotopic (exact) mass is 142 g/mol. The van der Waals surface area contributed by atoms with Crippen LogP contribution in [0.25, 0.3) is 0 Å². The first-order valence-electron chi connectivity index (χ1n) is 2.65. The summed E-state index contributed by atoms with van der Waals surface area (Å²) in [6.07, 6.45) is 0.439. The number of carbonyl (C=O) groups excluding carboxylic acids is 1. The summed E-state index contributed by atoms with van der Waals surface area (Å²) in [7, 11) is 0. The number of hydrogen-bond acceptors (Lipinski definition) is 4. The Balaban J connectivity index is 2.99. The predicted octanol–water partition coefficient (Wildman–Crippen LogP) is -0.186. The summed E-state index contributed by atoms with van der Waals surface area (Å²) in [5.74, 6) is -1.78. The van der Waals surface area contributed by atoms with Crippen molar-refractivity contribution in [2.24, 2.45) is 0 Å². The van der Waals surface area contributed by atoms with Crippen molar-refractivity contribution in [3.8, 4) is 0 Å². The zero-order valence-electron chi connectivity index (χ0n) is 4.98. The van der Waals surface area contributed by atoms with Crippen LogP contribution in [0.4, 0.5) is 0 Å². The Bertz CT molecular complexity index is 226. The molecule has 1 unspecified atom stereocenters. The Morgan fingerprint density at radius 2 is 1.90 bits per heavy atom. The summed E-state index contributed by atoms with van der Waals surface area (Å²) in [5, 5.41) is 26.2. The Kier molecular flexibility index (Phi) is 1.47. The first-order chi connectivity index (χ1) is 4.63. The van der Waals surface area contributed by atoms with Gasteiger partial charge in [-0.1, -0.05) is 0 Å². The van der Waals surface area contributed by atoms with Gasteiger partial charge < -0.3 is 15.3 Å². The minimum Gasteiger partial charge on any atom is -0.506 e. The van der Waals surface area contributed by atoms with Crippen LogP contribution >= 0.6 is 0 Å². The van der Waals surface area contributed by atoms with Crippen LogP contribution in [0, 0.1) is 0 Å². The highest BCUT2D eigenvalue weighted by Crippen LogP contribution is 2.11. The van der Waals surface area contributed by atoms with E-state index in [9.17, 15) is 4.79 Å². The maximum absolute atomic E-state index is 10.5. The largest absolute Gasteiger partial charge is 0.506 e. The summed E-state index contributed by atoms with van der Waals surface area (Å²) in [4.78, 5) is 10.5. The van der Waals surface area contributed by atoms with Gasteiger partial charge in [0, 0.05) is 0 Å². The molecule has 1 aliphatic carbocycles. The molecule has 54 valence electrons. The van der Waals surface area contributed by atoms with Crippen molar-refractivity contribution in [2.45, 2.75) is 6.10 Å². The van der Waals surface area contributed by atoms with E-state index in [0.29, 0.717) is 0 Å². The first-order valence-corrected chi connectivity index (χ1v) is 2.65. The molecule has 0 radical (unpaired) electrons. The zero-order chi connectivity index (χ0) is 7.72. The number of aliphatic hydroxyl groups is 3. The summed E-state index contributed by atoms with van der Waals surface area (Å²) in [6.45, 7) is 0. The van der Waals surface area contributed by atoms with Crippen molar-refractivity contribution in [3.63, 3.8) is 0 Å². The second-order valence-electron chi connectivity index (χ2n) is 1.91. The van der Waals surface area contributed by atoms with E-state index in [4.69, 9.17) is 15.3 Å². The molecular weight excluding hydrogens is 136 g/mol. The second-order valence-corrected chi connectivity index (χ2v) is 1.91. The van der Waals surface area contributed by atoms with Gasteiger partial charge in [-0.05, 0) is 12.2 Å². The van der Waals surface area contributed by atoms with Crippen LogP contribution in [0.2, 0.25) is 0 Å². The standard InChI is InChI=1S/C6H6O4/c7-3-1-2-4(8)6(10)5(3)9/h1-2,5,8-10H. The fourth-order valence-electron chi connectivity index (χ4n) is 0.612. The SMILES string of the molecule is O=C1C=CC(O)=C(O)C1O. The van der Waals surface area contributed by atoms with E-state index < -0.39 is 23.4 Å². The Morgan fingerprint density at radius 1 is 1.30 bits per heavy atom. The molecular formula is C6H6O4. The van der Waals surface area contributed by atoms with Crippen molar-refractivity contribution in [1.82, 2.24) is 0 Å². The van der Waals surface area contributed by atoms with Crippen LogP contribution in [0.3, 0.4) is 0 Å². The minimum atomic E-state index is -1.59. The van der Waals surface area contributed by atoms with Crippen LogP contribution in [-0.2, 0) is 4.79 Å². The molecule has 10 heavy (non-hydrogen) atoms. The molecule has 4 nitrogen and oxygen atoms in total. The topological polar surface area (TPSA) is 77.8 Å². The van der Waals surface area contributed by atoms with E-state index >= 15 is 0 Å². The molecule has 0 fully saturated rings. The van der Waals surface area contributed by atoms with Crippen molar-refractivity contribution in [3.05, 3.63) is 23.7 Å². The highest BCUT2D eigenvalue weighted by atomic mass is 16.3. The van der Waals surface area contributed by atoms with Gasteiger partial charge in [0.25, 0.3) is 0 Å². The number of hydrogen-bond donors (Lipinski definition) is 3. The molecule has 0 aromatic rings. The average Bonchev–Trinajstić information content (AvgIpc) is 1.93. The Morgan fingerprint density at radius 3 is 2.40 bits per heavy atom. The Hall–Kier alpha value is -1.29. The lowest BCUT2D eigenvalue weighted by Gasteiger charge is -2.10. The number of allylic oxidation sites excluding steroid dienone is 1. The normalized spacial score (nSPS) is 25.7. The van der Waals surface area contributed by atoms with E-state index in [1.165, 1.54) is 0 Å². The Labute approximate surface area is 56.7 Å². The highest BCUT2D eigenvalue weighted by Gasteiger charge is 2.23. The third-order valence-electron chi connectivity index (χ3n) is 1.20. The van der Waals surface area contributed by atoms with Crippen molar-refractivity contribution < 1.29 is 20.1 Å². The smallest absolute Gasteiger partial charge is 0.192 e. The van der Waals surface area contributed by atoms with Gasteiger partial charge in [-0.3, -0.25) is 4.79 Å². The number of rotatable bonds is 0. The molecule has 0 bridgehead atoms. The molecule has 0 amide bonds. The molecule has 1 rings (SSSR count). The molecule has 0 spiro atoms. The van der Waals surface area contributed by atoms with E-state index in [1.54, 1.807) is 0 Å². The van der Waals surface area contributed by atoms with Crippen molar-refractivity contribution in [2.75, 3.05) is 0 Å². The van der Waals surface area contributed by atoms with Gasteiger partial charge in [-0.2, -0.15) is 0 Å². The fourth-order valence-corrected chi connectivity index (χ4v) is 0.612. The van der Waals surface area contributed by atoms with Crippen LogP contribution in [0.15, 0.2) is 23.7 Å². The van der Waals surface area contributed by atoms with Gasteiger partial charge >= 0.3 is 0 Å². The summed E-state index contributed by atoms with van der Waals surface area (Å²) < 4.78 is 0. The minimum absolute atomic E-state index is 0.466. The molecule has 1 atom stereocenters. The third-order valence-corrected chi connectivity index (χ3v) is 1.20. The maximum atomic E-state index is 10.5. The van der Waals surface area contributed by atoms with Gasteiger partial charge in [0.15, 0.2) is 23.4 Å². The quantitative estimate of drug-likeness (QED) is 0.438. The predicted molar refractivity (Wildman–Crippen MR) is 32.4 cm³/mol. The molecule has 0 aliphatic heterocycles. The number of aliphatic hydroxyl groups excluding tert-OH is 3. The molecule has 0 heterocycles. The molecule has 0 saturated heterocycles. The fraction of sp³-hybridized carbons (Fsp3) is 0.167. The molecule has 1 aliphatic rings. The van der Waals surface area contributed by atoms with Crippen LogP contribution in [-0.4, -0.2) is 27.2 Å². The van der Waals surface area contributed by atoms with Crippen LogP contribution in [0.5, 0.6) is 0 Å². The van der Waals surface area contributed by atoms with E-state index in [2.05, 4.69) is 0 Å². The van der Waals surface area contributed by atoms with Gasteiger partial charge in [0.05, 0.1) is 0 Å². The summed E-state index contributed by atoms with van der Waals surface area (Å²) >= 11 is 0. The number of ketones is 1. The first kappa shape index (κ1) is 6.82. The van der Waals surface area contributed by atoms with Gasteiger partial charge in [-0.15, -0.1) is 0 Å². The van der Waals surface area contributed by atoms with Gasteiger partial charge in [-0.25, -0.2) is 0 Å². The summed E-state index contributed by atoms with van der Waals surface area (Å²) in [6, 6.07) is 0. The van der Waals surface area contributed by atoms with Crippen molar-refractivity contribution >= 4 is 5.78 Å². The summed E-state index contributed by atoms with van der Waals surface area (Å²) in [5.41, 5.74) is 0. The molecule has 0 aromatic heterocycles. The molecule has 0 saturated carbocycles. The lowest BCUT2D eigenvalue weighted by molar-refractivity contribution is -0.122. The van der Waals surface area contributed by atoms with Crippen LogP contribution in [0.1, 0.15) is 0 Å². The van der Waals surface area contributed by atoms with Crippen molar-refractivity contribution in [1.29, 1.82) is 0 Å². The lowest BCUT2D eigenvalue weighted by Crippen LogP contribution is -2.24. The zero-order valence-corrected chi connectivity index (χ0v) is 4.98. The third kappa shape index (κ3) is 0.886. The van der Waals surface area contributed by atoms with Crippen LogP contribution < -0.4 is 0 Å². The van der Waals surface area contributed by atoms with Gasteiger partial charge in [0.1, 0.15) is 0 Å². The molecule has 4 heteroatoms. The molecule has 3 N–H and O–H groups in total. The van der Waals surface area contributed by atoms with Gasteiger partial charge in [0.2, 0.25) is 0 Å². The maximum Gasteiger partial charge on any atom is 0.192 e. The number of carbonyl (C=O) groups is 1. The van der Waals surface area contributed by atoms with E-state index in [0.717, 1.165) is 12.2 Å².